The van der Waals surface area contributed by atoms with Crippen molar-refractivity contribution < 1.29 is 17.9 Å². The predicted molar refractivity (Wildman–Crippen MR) is 69.7 cm³/mol. The number of rotatable bonds is 3. The summed E-state index contributed by atoms with van der Waals surface area (Å²) in [6.45, 7) is 3.97. The normalized spacial score (nSPS) is 22.6. The summed E-state index contributed by atoms with van der Waals surface area (Å²) in [7, 11) is -3.60. The molecule has 0 radical (unpaired) electrons. The molecule has 0 bridgehead atoms. The minimum atomic E-state index is -3.60. The molecule has 2 atom stereocenters. The van der Waals surface area contributed by atoms with Crippen LogP contribution in [0, 0.1) is 18.7 Å². The highest BCUT2D eigenvalue weighted by Gasteiger charge is 2.35. The van der Waals surface area contributed by atoms with Crippen LogP contribution in [0.5, 0.6) is 0 Å². The molecule has 1 aliphatic heterocycles. The first-order valence-corrected chi connectivity index (χ1v) is 7.70. The summed E-state index contributed by atoms with van der Waals surface area (Å²) in [6.07, 6.45) is 0.131. The van der Waals surface area contributed by atoms with Gasteiger partial charge in [-0.15, -0.1) is 0 Å². The lowest BCUT2D eigenvalue weighted by atomic mass is 10.0. The van der Waals surface area contributed by atoms with Gasteiger partial charge in [0.2, 0.25) is 10.0 Å². The van der Waals surface area contributed by atoms with Crippen molar-refractivity contribution in [1.29, 1.82) is 0 Å². The maximum Gasteiger partial charge on any atom is 0.243 e. The van der Waals surface area contributed by atoms with Crippen molar-refractivity contribution in [2.45, 2.75) is 31.3 Å². The maximum atomic E-state index is 13.0. The lowest BCUT2D eigenvalue weighted by Gasteiger charge is -2.18. The number of aliphatic hydroxyl groups is 1. The molecule has 1 aromatic rings. The van der Waals surface area contributed by atoms with E-state index in [1.165, 1.54) is 16.4 Å². The van der Waals surface area contributed by atoms with Gasteiger partial charge in [-0.1, -0.05) is 0 Å². The quantitative estimate of drug-likeness (QED) is 0.917. The van der Waals surface area contributed by atoms with Crippen molar-refractivity contribution in [3.8, 4) is 0 Å². The van der Waals surface area contributed by atoms with Gasteiger partial charge < -0.3 is 5.11 Å². The molecule has 1 heterocycles. The Bertz CT molecular complexity index is 571. The standard InChI is InChI=1S/C13H18FNO3S/c1-9-7-12(14)3-4-13(9)19(17,18)15-6-5-11(8-15)10(2)16/h3-4,7,10-11,16H,5-6,8H2,1-2H3. The van der Waals surface area contributed by atoms with Crippen LogP contribution in [-0.4, -0.2) is 37.0 Å². The lowest BCUT2D eigenvalue weighted by Crippen LogP contribution is -2.31. The maximum absolute atomic E-state index is 13.0. The Kier molecular flexibility index (Phi) is 3.94. The van der Waals surface area contributed by atoms with Gasteiger partial charge in [-0.3, -0.25) is 0 Å². The van der Waals surface area contributed by atoms with Gasteiger partial charge in [0.15, 0.2) is 0 Å². The zero-order chi connectivity index (χ0) is 14.2. The van der Waals surface area contributed by atoms with E-state index in [9.17, 15) is 17.9 Å². The molecular formula is C13H18FNO3S. The number of sulfonamides is 1. The molecule has 1 saturated heterocycles. The zero-order valence-electron chi connectivity index (χ0n) is 11.0. The number of nitrogens with zero attached hydrogens (tertiary/aromatic N) is 1. The van der Waals surface area contributed by atoms with Crippen LogP contribution in [0.3, 0.4) is 0 Å². The van der Waals surface area contributed by atoms with Crippen molar-refractivity contribution in [2.24, 2.45) is 5.92 Å². The minimum Gasteiger partial charge on any atom is -0.393 e. The highest BCUT2D eigenvalue weighted by Crippen LogP contribution is 2.27. The molecule has 1 fully saturated rings. The molecule has 1 aromatic carbocycles. The van der Waals surface area contributed by atoms with E-state index in [1.807, 2.05) is 0 Å². The first kappa shape index (κ1) is 14.4. The molecule has 19 heavy (non-hydrogen) atoms. The fourth-order valence-electron chi connectivity index (χ4n) is 2.41. The van der Waals surface area contributed by atoms with Gasteiger partial charge in [-0.25, -0.2) is 12.8 Å². The molecule has 1 N–H and O–H groups in total. The van der Waals surface area contributed by atoms with Crippen molar-refractivity contribution in [1.82, 2.24) is 4.31 Å². The molecular weight excluding hydrogens is 269 g/mol. The Morgan fingerprint density at radius 1 is 1.47 bits per heavy atom. The highest BCUT2D eigenvalue weighted by molar-refractivity contribution is 7.89. The summed E-state index contributed by atoms with van der Waals surface area (Å²) in [5.41, 5.74) is 0.403. The van der Waals surface area contributed by atoms with Crippen molar-refractivity contribution in [2.75, 3.05) is 13.1 Å². The van der Waals surface area contributed by atoms with E-state index in [2.05, 4.69) is 0 Å². The third-order valence-electron chi connectivity index (χ3n) is 3.62. The Morgan fingerprint density at radius 2 is 2.16 bits per heavy atom. The van der Waals surface area contributed by atoms with Crippen LogP contribution >= 0.6 is 0 Å². The number of halogens is 1. The fraction of sp³-hybridized carbons (Fsp3) is 0.538. The monoisotopic (exact) mass is 287 g/mol. The van der Waals surface area contributed by atoms with Crippen LogP contribution in [0.4, 0.5) is 4.39 Å². The zero-order valence-corrected chi connectivity index (χ0v) is 11.8. The fourth-order valence-corrected chi connectivity index (χ4v) is 4.12. The van der Waals surface area contributed by atoms with Crippen molar-refractivity contribution in [3.05, 3.63) is 29.6 Å². The number of benzene rings is 1. The van der Waals surface area contributed by atoms with Gasteiger partial charge in [0.05, 0.1) is 11.0 Å². The van der Waals surface area contributed by atoms with Gasteiger partial charge >= 0.3 is 0 Å². The summed E-state index contributed by atoms with van der Waals surface area (Å²) >= 11 is 0. The molecule has 106 valence electrons. The van der Waals surface area contributed by atoms with Crippen LogP contribution in [0.2, 0.25) is 0 Å². The van der Waals surface area contributed by atoms with Gasteiger partial charge in [-0.05, 0) is 49.9 Å². The summed E-state index contributed by atoms with van der Waals surface area (Å²) in [5.74, 6) is -0.477. The summed E-state index contributed by atoms with van der Waals surface area (Å²) in [6, 6.07) is 3.67. The Morgan fingerprint density at radius 3 is 2.68 bits per heavy atom. The molecule has 4 nitrogen and oxygen atoms in total. The van der Waals surface area contributed by atoms with E-state index in [0.29, 0.717) is 25.1 Å². The SMILES string of the molecule is Cc1cc(F)ccc1S(=O)(=O)N1CCC(C(C)O)C1. The molecule has 1 aliphatic rings. The molecule has 0 aromatic heterocycles. The Hall–Kier alpha value is -0.980. The second kappa shape index (κ2) is 5.19. The largest absolute Gasteiger partial charge is 0.393 e. The van der Waals surface area contributed by atoms with Crippen LogP contribution in [0.15, 0.2) is 23.1 Å². The molecule has 0 spiro atoms. The average Bonchev–Trinajstić information content (AvgIpc) is 2.78. The number of aryl methyl sites for hydroxylation is 1. The van der Waals surface area contributed by atoms with Crippen LogP contribution in [-0.2, 0) is 10.0 Å². The van der Waals surface area contributed by atoms with E-state index < -0.39 is 21.9 Å². The van der Waals surface area contributed by atoms with E-state index in [4.69, 9.17) is 0 Å². The van der Waals surface area contributed by atoms with Crippen LogP contribution in [0.25, 0.3) is 0 Å². The van der Waals surface area contributed by atoms with Crippen LogP contribution in [0.1, 0.15) is 18.9 Å². The molecule has 0 aliphatic carbocycles. The van der Waals surface area contributed by atoms with Crippen LogP contribution < -0.4 is 0 Å². The Balaban J connectivity index is 2.29. The van der Waals surface area contributed by atoms with E-state index >= 15 is 0 Å². The smallest absolute Gasteiger partial charge is 0.243 e. The van der Waals surface area contributed by atoms with Crippen molar-refractivity contribution in [3.63, 3.8) is 0 Å². The van der Waals surface area contributed by atoms with Gasteiger partial charge in [0.1, 0.15) is 5.82 Å². The summed E-state index contributed by atoms with van der Waals surface area (Å²) in [5, 5.41) is 9.53. The lowest BCUT2D eigenvalue weighted by molar-refractivity contribution is 0.133. The molecule has 0 amide bonds. The summed E-state index contributed by atoms with van der Waals surface area (Å²) in [4.78, 5) is 0.139. The van der Waals surface area contributed by atoms with E-state index in [-0.39, 0.29) is 10.8 Å². The van der Waals surface area contributed by atoms with Gasteiger partial charge in [0.25, 0.3) is 0 Å². The molecule has 2 rings (SSSR count). The minimum absolute atomic E-state index is 0.0319. The first-order valence-electron chi connectivity index (χ1n) is 6.26. The molecule has 0 saturated carbocycles. The first-order chi connectivity index (χ1) is 8.82. The van der Waals surface area contributed by atoms with Gasteiger partial charge in [0, 0.05) is 13.1 Å². The third kappa shape index (κ3) is 2.80. The number of hydrogen-bond acceptors (Lipinski definition) is 3. The Labute approximate surface area is 112 Å². The molecule has 6 heteroatoms. The number of hydrogen-bond donors (Lipinski definition) is 1. The van der Waals surface area contributed by atoms with E-state index in [1.54, 1.807) is 13.8 Å². The van der Waals surface area contributed by atoms with Gasteiger partial charge in [-0.2, -0.15) is 4.31 Å². The second-order valence-electron chi connectivity index (χ2n) is 5.06. The number of aliphatic hydroxyl groups excluding tert-OH is 1. The highest BCUT2D eigenvalue weighted by atomic mass is 32.2. The van der Waals surface area contributed by atoms with Crippen molar-refractivity contribution >= 4 is 10.0 Å². The predicted octanol–water partition coefficient (Wildman–Crippen LogP) is 1.53. The second-order valence-corrected chi connectivity index (χ2v) is 6.97. The third-order valence-corrected chi connectivity index (χ3v) is 5.65. The molecule has 2 unspecified atom stereocenters. The topological polar surface area (TPSA) is 57.6 Å². The summed E-state index contributed by atoms with van der Waals surface area (Å²) < 4.78 is 39.3. The van der Waals surface area contributed by atoms with E-state index in [0.717, 1.165) is 6.07 Å². The average molecular weight is 287 g/mol.